The fourth-order valence-corrected chi connectivity index (χ4v) is 2.84. The molecule has 4 nitrogen and oxygen atoms in total. The first-order valence-corrected chi connectivity index (χ1v) is 7.09. The van der Waals surface area contributed by atoms with Crippen molar-refractivity contribution < 1.29 is 0 Å². The minimum absolute atomic E-state index is 0.273. The van der Waals surface area contributed by atoms with Gasteiger partial charge < -0.3 is 8.80 Å². The molecular weight excluding hydrogens is 260 g/mol. The van der Waals surface area contributed by atoms with Crippen molar-refractivity contribution in [1.82, 2.24) is 18.8 Å². The van der Waals surface area contributed by atoms with Crippen LogP contribution < -0.4 is 0 Å². The zero-order chi connectivity index (χ0) is 14.4. The Morgan fingerprint density at radius 2 is 1.95 bits per heavy atom. The molecule has 0 amide bonds. The second-order valence-electron chi connectivity index (χ2n) is 5.44. The summed E-state index contributed by atoms with van der Waals surface area (Å²) >= 11 is 0. The van der Waals surface area contributed by atoms with E-state index in [-0.39, 0.29) is 5.92 Å². The molecule has 0 aliphatic heterocycles. The lowest BCUT2D eigenvalue weighted by molar-refractivity contribution is 0.844. The van der Waals surface area contributed by atoms with Crippen LogP contribution in [0.5, 0.6) is 0 Å². The highest BCUT2D eigenvalue weighted by Crippen LogP contribution is 2.25. The molecule has 4 aromatic heterocycles. The van der Waals surface area contributed by atoms with Crippen molar-refractivity contribution >= 4 is 11.3 Å². The van der Waals surface area contributed by atoms with Crippen LogP contribution in [0.15, 0.2) is 55.1 Å². The molecule has 21 heavy (non-hydrogen) atoms. The maximum Gasteiger partial charge on any atom is 0.136 e. The van der Waals surface area contributed by atoms with Crippen molar-refractivity contribution in [2.24, 2.45) is 0 Å². The van der Waals surface area contributed by atoms with Crippen molar-refractivity contribution in [1.29, 1.82) is 0 Å². The quantitative estimate of drug-likeness (QED) is 0.562. The predicted molar refractivity (Wildman–Crippen MR) is 82.6 cm³/mol. The first-order valence-electron chi connectivity index (χ1n) is 7.09. The SMILES string of the molecule is Cc1cn2cc(C(C)c3cnc4ccccn34)ccc2n1. The molecule has 4 aromatic rings. The van der Waals surface area contributed by atoms with E-state index in [1.165, 1.54) is 11.3 Å². The number of hydrogen-bond acceptors (Lipinski definition) is 2. The van der Waals surface area contributed by atoms with E-state index in [0.29, 0.717) is 0 Å². The van der Waals surface area contributed by atoms with E-state index < -0.39 is 0 Å². The summed E-state index contributed by atoms with van der Waals surface area (Å²) in [6.45, 7) is 4.22. The molecule has 104 valence electrons. The van der Waals surface area contributed by atoms with E-state index in [0.717, 1.165) is 17.0 Å². The first kappa shape index (κ1) is 12.1. The molecule has 0 aliphatic carbocycles. The van der Waals surface area contributed by atoms with Gasteiger partial charge in [0.25, 0.3) is 0 Å². The van der Waals surface area contributed by atoms with Gasteiger partial charge in [0.15, 0.2) is 0 Å². The number of hydrogen-bond donors (Lipinski definition) is 0. The van der Waals surface area contributed by atoms with E-state index in [4.69, 9.17) is 0 Å². The van der Waals surface area contributed by atoms with Gasteiger partial charge in [-0.15, -0.1) is 0 Å². The lowest BCUT2D eigenvalue weighted by Crippen LogP contribution is -2.01. The van der Waals surface area contributed by atoms with E-state index in [9.17, 15) is 0 Å². The number of aromatic nitrogens is 4. The minimum atomic E-state index is 0.273. The average Bonchev–Trinajstić information content (AvgIpc) is 3.07. The number of pyridine rings is 2. The first-order chi connectivity index (χ1) is 10.2. The summed E-state index contributed by atoms with van der Waals surface area (Å²) in [7, 11) is 0. The van der Waals surface area contributed by atoms with E-state index >= 15 is 0 Å². The number of nitrogens with zero attached hydrogens (tertiary/aromatic N) is 4. The van der Waals surface area contributed by atoms with E-state index in [1.807, 2.05) is 31.3 Å². The Hall–Kier alpha value is -2.62. The summed E-state index contributed by atoms with van der Waals surface area (Å²) in [5.41, 5.74) is 5.46. The summed E-state index contributed by atoms with van der Waals surface area (Å²) in [5.74, 6) is 0.273. The molecule has 0 aliphatic rings. The Balaban J connectivity index is 1.83. The molecule has 1 atom stereocenters. The molecule has 4 rings (SSSR count). The topological polar surface area (TPSA) is 34.6 Å². The fourth-order valence-electron chi connectivity index (χ4n) is 2.84. The lowest BCUT2D eigenvalue weighted by atomic mass is 10.00. The smallest absolute Gasteiger partial charge is 0.136 e. The molecule has 0 radical (unpaired) electrons. The van der Waals surface area contributed by atoms with Crippen LogP contribution in [0.4, 0.5) is 0 Å². The summed E-state index contributed by atoms with van der Waals surface area (Å²) in [6, 6.07) is 10.3. The average molecular weight is 276 g/mol. The van der Waals surface area contributed by atoms with Crippen molar-refractivity contribution in [3.05, 3.63) is 72.1 Å². The van der Waals surface area contributed by atoms with Crippen molar-refractivity contribution in [2.75, 3.05) is 0 Å². The highest BCUT2D eigenvalue weighted by Gasteiger charge is 2.14. The van der Waals surface area contributed by atoms with Gasteiger partial charge in [-0.3, -0.25) is 0 Å². The summed E-state index contributed by atoms with van der Waals surface area (Å²) < 4.78 is 4.23. The minimum Gasteiger partial charge on any atom is -0.307 e. The molecule has 1 unspecified atom stereocenters. The molecule has 0 spiro atoms. The van der Waals surface area contributed by atoms with Crippen molar-refractivity contribution in [3.63, 3.8) is 0 Å². The van der Waals surface area contributed by atoms with Gasteiger partial charge in [-0.1, -0.05) is 19.1 Å². The second-order valence-corrected chi connectivity index (χ2v) is 5.44. The molecule has 0 fully saturated rings. The third kappa shape index (κ3) is 1.91. The van der Waals surface area contributed by atoms with E-state index in [2.05, 4.69) is 56.4 Å². The van der Waals surface area contributed by atoms with E-state index in [1.54, 1.807) is 0 Å². The Bertz CT molecular complexity index is 932. The predicted octanol–water partition coefficient (Wildman–Crippen LogP) is 3.44. The maximum absolute atomic E-state index is 4.48. The van der Waals surface area contributed by atoms with Crippen LogP contribution in [0.1, 0.15) is 29.8 Å². The highest BCUT2D eigenvalue weighted by atomic mass is 15.0. The fraction of sp³-hybridized carbons (Fsp3) is 0.176. The zero-order valence-corrected chi connectivity index (χ0v) is 12.1. The molecule has 4 heterocycles. The zero-order valence-electron chi connectivity index (χ0n) is 12.1. The molecule has 0 saturated heterocycles. The lowest BCUT2D eigenvalue weighted by Gasteiger charge is -2.12. The van der Waals surface area contributed by atoms with Crippen molar-refractivity contribution in [3.8, 4) is 0 Å². The molecule has 0 saturated carbocycles. The van der Waals surface area contributed by atoms with Crippen molar-refractivity contribution in [2.45, 2.75) is 19.8 Å². The highest BCUT2D eigenvalue weighted by molar-refractivity contribution is 5.45. The largest absolute Gasteiger partial charge is 0.307 e. The summed E-state index contributed by atoms with van der Waals surface area (Å²) in [5, 5.41) is 0. The number of aryl methyl sites for hydroxylation is 1. The Morgan fingerprint density at radius 3 is 2.86 bits per heavy atom. The Morgan fingerprint density at radius 1 is 1.05 bits per heavy atom. The molecule has 4 heteroatoms. The van der Waals surface area contributed by atoms with Gasteiger partial charge in [-0.25, -0.2) is 9.97 Å². The van der Waals surface area contributed by atoms with Crippen LogP contribution in [-0.4, -0.2) is 18.8 Å². The van der Waals surface area contributed by atoms with Crippen LogP contribution >= 0.6 is 0 Å². The number of rotatable bonds is 2. The van der Waals surface area contributed by atoms with Gasteiger partial charge in [-0.05, 0) is 30.7 Å². The summed E-state index contributed by atoms with van der Waals surface area (Å²) in [6.07, 6.45) is 8.24. The van der Waals surface area contributed by atoms with Crippen LogP contribution in [0.25, 0.3) is 11.3 Å². The molecule has 0 aromatic carbocycles. The third-order valence-electron chi connectivity index (χ3n) is 3.98. The van der Waals surface area contributed by atoms with Gasteiger partial charge in [0.05, 0.1) is 5.69 Å². The second kappa shape index (κ2) is 4.45. The standard InChI is InChI=1S/C17H16N4/c1-12-10-20-11-14(6-7-17(20)19-12)13(2)15-9-18-16-5-3-4-8-21(15)16/h3-11,13H,1-2H3. The Labute approximate surface area is 122 Å². The van der Waals surface area contributed by atoms with Gasteiger partial charge >= 0.3 is 0 Å². The monoisotopic (exact) mass is 276 g/mol. The van der Waals surface area contributed by atoms with Crippen LogP contribution in [0.2, 0.25) is 0 Å². The maximum atomic E-state index is 4.48. The van der Waals surface area contributed by atoms with Gasteiger partial charge in [0, 0.05) is 36.4 Å². The molecular formula is C17H16N4. The summed E-state index contributed by atoms with van der Waals surface area (Å²) in [4.78, 5) is 8.95. The van der Waals surface area contributed by atoms with Crippen LogP contribution in [0, 0.1) is 6.92 Å². The van der Waals surface area contributed by atoms with Crippen LogP contribution in [0.3, 0.4) is 0 Å². The number of imidazole rings is 2. The van der Waals surface area contributed by atoms with Gasteiger partial charge in [0.2, 0.25) is 0 Å². The molecule has 0 N–H and O–H groups in total. The van der Waals surface area contributed by atoms with Crippen LogP contribution in [-0.2, 0) is 0 Å². The van der Waals surface area contributed by atoms with Gasteiger partial charge in [-0.2, -0.15) is 0 Å². The third-order valence-corrected chi connectivity index (χ3v) is 3.98. The normalized spacial score (nSPS) is 13.0. The molecule has 0 bridgehead atoms. The Kier molecular flexibility index (Phi) is 2.57. The number of fused-ring (bicyclic) bond motifs is 2. The van der Waals surface area contributed by atoms with Gasteiger partial charge in [0.1, 0.15) is 11.3 Å².